The Kier molecular flexibility index (Phi) is 1.96. The van der Waals surface area contributed by atoms with Crippen LogP contribution in [0.2, 0.25) is 0 Å². The highest BCUT2D eigenvalue weighted by molar-refractivity contribution is 5.55. The lowest BCUT2D eigenvalue weighted by molar-refractivity contribution is 0.354. The minimum Gasteiger partial charge on any atom is -0.493 e. The number of hydrogen-bond donors (Lipinski definition) is 1. The van der Waals surface area contributed by atoms with Crippen LogP contribution in [0.25, 0.3) is 0 Å². The van der Waals surface area contributed by atoms with Gasteiger partial charge in [-0.15, -0.1) is 0 Å². The van der Waals surface area contributed by atoms with E-state index in [2.05, 4.69) is 12.1 Å². The van der Waals surface area contributed by atoms with Crippen molar-refractivity contribution in [2.75, 3.05) is 14.2 Å². The van der Waals surface area contributed by atoms with Crippen LogP contribution in [0.15, 0.2) is 12.1 Å². The molecule has 1 aromatic carbocycles. The second-order valence-corrected chi connectivity index (χ2v) is 4.83. The van der Waals surface area contributed by atoms with Gasteiger partial charge in [0, 0.05) is 11.5 Å². The van der Waals surface area contributed by atoms with E-state index in [1.54, 1.807) is 14.2 Å². The van der Waals surface area contributed by atoms with Gasteiger partial charge in [0.2, 0.25) is 0 Å². The van der Waals surface area contributed by atoms with Gasteiger partial charge >= 0.3 is 0 Å². The lowest BCUT2D eigenvalue weighted by Crippen LogP contribution is -2.30. The maximum atomic E-state index is 6.23. The molecule has 2 N–H and O–H groups in total. The summed E-state index contributed by atoms with van der Waals surface area (Å²) in [7, 11) is 3.35. The molecule has 1 spiro atoms. The molecule has 1 aromatic rings. The summed E-state index contributed by atoms with van der Waals surface area (Å²) in [5.74, 6) is 1.63. The van der Waals surface area contributed by atoms with Crippen molar-refractivity contribution in [1.29, 1.82) is 0 Å². The van der Waals surface area contributed by atoms with Gasteiger partial charge in [-0.2, -0.15) is 0 Å². The Morgan fingerprint density at radius 1 is 1.19 bits per heavy atom. The predicted molar refractivity (Wildman–Crippen MR) is 62.1 cm³/mol. The minimum absolute atomic E-state index is 0.259. The van der Waals surface area contributed by atoms with Crippen molar-refractivity contribution in [2.24, 2.45) is 5.73 Å². The summed E-state index contributed by atoms with van der Waals surface area (Å²) in [6.45, 7) is 0. The van der Waals surface area contributed by atoms with Crippen LogP contribution >= 0.6 is 0 Å². The topological polar surface area (TPSA) is 44.5 Å². The van der Waals surface area contributed by atoms with E-state index in [1.807, 2.05) is 0 Å². The molecule has 0 aliphatic heterocycles. The van der Waals surface area contributed by atoms with E-state index in [-0.39, 0.29) is 11.5 Å². The fourth-order valence-electron chi connectivity index (χ4n) is 2.96. The van der Waals surface area contributed by atoms with Crippen LogP contribution in [0.3, 0.4) is 0 Å². The summed E-state index contributed by atoms with van der Waals surface area (Å²) in [4.78, 5) is 0. The van der Waals surface area contributed by atoms with Gasteiger partial charge in [0.1, 0.15) is 0 Å². The Labute approximate surface area is 95.5 Å². The Balaban J connectivity index is 2.13. The molecule has 3 nitrogen and oxygen atoms in total. The highest BCUT2D eigenvalue weighted by atomic mass is 16.5. The van der Waals surface area contributed by atoms with Crippen LogP contribution in [0.1, 0.15) is 24.0 Å². The summed E-state index contributed by atoms with van der Waals surface area (Å²) in [5.41, 5.74) is 9.21. The summed E-state index contributed by atoms with van der Waals surface area (Å²) < 4.78 is 10.7. The van der Waals surface area contributed by atoms with Gasteiger partial charge in [0.05, 0.1) is 14.2 Å². The lowest BCUT2D eigenvalue weighted by Gasteiger charge is -2.15. The average Bonchev–Trinajstić information content (AvgIpc) is 3.04. The first-order valence-electron chi connectivity index (χ1n) is 5.72. The first-order chi connectivity index (χ1) is 7.71. The third-order valence-corrected chi connectivity index (χ3v) is 4.08. The summed E-state index contributed by atoms with van der Waals surface area (Å²) >= 11 is 0. The third-order valence-electron chi connectivity index (χ3n) is 4.08. The van der Waals surface area contributed by atoms with Gasteiger partial charge in [0.15, 0.2) is 11.5 Å². The molecule has 1 fully saturated rings. The number of ether oxygens (including phenoxy) is 2. The molecule has 16 heavy (non-hydrogen) atoms. The molecule has 3 rings (SSSR count). The highest BCUT2D eigenvalue weighted by Crippen LogP contribution is 2.57. The van der Waals surface area contributed by atoms with Gasteiger partial charge in [-0.05, 0) is 42.5 Å². The largest absolute Gasteiger partial charge is 0.493 e. The molecule has 1 unspecified atom stereocenters. The molecule has 1 saturated carbocycles. The Morgan fingerprint density at radius 2 is 1.81 bits per heavy atom. The van der Waals surface area contributed by atoms with Crippen LogP contribution in [0, 0.1) is 0 Å². The van der Waals surface area contributed by atoms with E-state index in [0.717, 1.165) is 17.9 Å². The van der Waals surface area contributed by atoms with E-state index in [9.17, 15) is 0 Å². The molecule has 0 heterocycles. The zero-order valence-corrected chi connectivity index (χ0v) is 9.75. The lowest BCUT2D eigenvalue weighted by atomic mass is 9.95. The maximum Gasteiger partial charge on any atom is 0.161 e. The van der Waals surface area contributed by atoms with E-state index in [1.165, 1.54) is 24.0 Å². The van der Waals surface area contributed by atoms with Crippen molar-refractivity contribution >= 4 is 0 Å². The number of rotatable bonds is 2. The van der Waals surface area contributed by atoms with E-state index in [4.69, 9.17) is 15.2 Å². The van der Waals surface area contributed by atoms with Crippen LogP contribution in [0.4, 0.5) is 0 Å². The molecule has 2 aliphatic carbocycles. The van der Waals surface area contributed by atoms with Crippen molar-refractivity contribution in [2.45, 2.75) is 30.7 Å². The number of methoxy groups -OCH3 is 2. The minimum atomic E-state index is 0.259. The second kappa shape index (κ2) is 3.14. The van der Waals surface area contributed by atoms with Crippen molar-refractivity contribution in [3.05, 3.63) is 23.3 Å². The molecule has 0 saturated heterocycles. The van der Waals surface area contributed by atoms with Crippen LogP contribution in [0.5, 0.6) is 11.5 Å². The van der Waals surface area contributed by atoms with Crippen LogP contribution in [-0.2, 0) is 11.8 Å². The molecule has 0 aromatic heterocycles. The summed E-state index contributed by atoms with van der Waals surface area (Å²) in [6, 6.07) is 4.48. The zero-order valence-electron chi connectivity index (χ0n) is 9.75. The Bertz CT molecular complexity index is 438. The van der Waals surface area contributed by atoms with Gasteiger partial charge in [0.25, 0.3) is 0 Å². The van der Waals surface area contributed by atoms with Crippen molar-refractivity contribution in [1.82, 2.24) is 0 Å². The molecule has 0 amide bonds. The van der Waals surface area contributed by atoms with Crippen molar-refractivity contribution in [3.63, 3.8) is 0 Å². The van der Waals surface area contributed by atoms with Crippen LogP contribution < -0.4 is 15.2 Å². The fourth-order valence-corrected chi connectivity index (χ4v) is 2.96. The zero-order chi connectivity index (χ0) is 11.3. The van der Waals surface area contributed by atoms with Crippen LogP contribution in [-0.4, -0.2) is 20.3 Å². The number of benzene rings is 1. The fraction of sp³-hybridized carbons (Fsp3) is 0.538. The SMILES string of the molecule is COc1cc2c(cc1OC)C1(CC1)C(N)C2. The molecule has 0 bridgehead atoms. The van der Waals surface area contributed by atoms with Gasteiger partial charge in [-0.3, -0.25) is 0 Å². The van der Waals surface area contributed by atoms with E-state index >= 15 is 0 Å². The second-order valence-electron chi connectivity index (χ2n) is 4.83. The smallest absolute Gasteiger partial charge is 0.161 e. The predicted octanol–water partition coefficient (Wildman–Crippen LogP) is 1.62. The van der Waals surface area contributed by atoms with Gasteiger partial charge in [-0.25, -0.2) is 0 Å². The average molecular weight is 219 g/mol. The highest BCUT2D eigenvalue weighted by Gasteiger charge is 2.54. The first kappa shape index (κ1) is 9.97. The standard InChI is InChI=1S/C13H17NO2/c1-15-10-5-8-6-12(14)13(3-4-13)9(8)7-11(10)16-2/h5,7,12H,3-4,6,14H2,1-2H3. The molecular weight excluding hydrogens is 202 g/mol. The number of nitrogens with two attached hydrogens (primary N) is 1. The Hall–Kier alpha value is -1.22. The normalized spacial score (nSPS) is 24.3. The van der Waals surface area contributed by atoms with Gasteiger partial charge < -0.3 is 15.2 Å². The third kappa shape index (κ3) is 1.12. The molecule has 1 atom stereocenters. The molecule has 86 valence electrons. The first-order valence-corrected chi connectivity index (χ1v) is 5.72. The Morgan fingerprint density at radius 3 is 2.38 bits per heavy atom. The molecule has 0 radical (unpaired) electrons. The van der Waals surface area contributed by atoms with Crippen molar-refractivity contribution < 1.29 is 9.47 Å². The molecule has 2 aliphatic rings. The number of hydrogen-bond acceptors (Lipinski definition) is 3. The molecule has 3 heteroatoms. The van der Waals surface area contributed by atoms with E-state index < -0.39 is 0 Å². The monoisotopic (exact) mass is 219 g/mol. The van der Waals surface area contributed by atoms with Gasteiger partial charge in [-0.1, -0.05) is 0 Å². The number of fused-ring (bicyclic) bond motifs is 2. The summed E-state index contributed by atoms with van der Waals surface area (Å²) in [6.07, 6.45) is 3.41. The van der Waals surface area contributed by atoms with E-state index in [0.29, 0.717) is 0 Å². The quantitative estimate of drug-likeness (QED) is 0.822. The molecular formula is C13H17NO2. The summed E-state index contributed by atoms with van der Waals surface area (Å²) in [5, 5.41) is 0. The maximum absolute atomic E-state index is 6.23. The van der Waals surface area contributed by atoms with Crippen molar-refractivity contribution in [3.8, 4) is 11.5 Å².